The third-order valence-corrected chi connectivity index (χ3v) is 3.70. The summed E-state index contributed by atoms with van der Waals surface area (Å²) >= 11 is 2.02. The van der Waals surface area contributed by atoms with E-state index in [4.69, 9.17) is 5.73 Å². The molecule has 0 amide bonds. The number of rotatable bonds is 7. The van der Waals surface area contributed by atoms with Gasteiger partial charge in [0.2, 0.25) is 0 Å². The van der Waals surface area contributed by atoms with Crippen molar-refractivity contribution in [3.63, 3.8) is 0 Å². The number of hydrogen-bond donors (Lipinski definition) is 1. The lowest BCUT2D eigenvalue weighted by Gasteiger charge is -2.26. The topological polar surface area (TPSA) is 29.3 Å². The first-order chi connectivity index (χ1) is 6.29. The van der Waals surface area contributed by atoms with Gasteiger partial charge in [-0.25, -0.2) is 0 Å². The fraction of sp³-hybridized carbons (Fsp3) is 1.00. The van der Waals surface area contributed by atoms with Crippen molar-refractivity contribution in [3.8, 4) is 0 Å². The van der Waals surface area contributed by atoms with E-state index in [1.54, 1.807) is 0 Å². The number of likely N-dealkylation sites (N-methyl/N-ethyl adjacent to an activating group) is 1. The zero-order valence-corrected chi connectivity index (χ0v) is 9.65. The van der Waals surface area contributed by atoms with Crippen LogP contribution in [-0.2, 0) is 0 Å². The zero-order chi connectivity index (χ0) is 9.68. The zero-order valence-electron chi connectivity index (χ0n) is 8.83. The van der Waals surface area contributed by atoms with Gasteiger partial charge in [0.1, 0.15) is 0 Å². The number of hydrogen-bond acceptors (Lipinski definition) is 3. The van der Waals surface area contributed by atoms with Crippen LogP contribution >= 0.6 is 11.8 Å². The summed E-state index contributed by atoms with van der Waals surface area (Å²) in [4.78, 5) is 2.48. The Morgan fingerprint density at radius 3 is 2.69 bits per heavy atom. The largest absolute Gasteiger partial charge is 0.329 e. The summed E-state index contributed by atoms with van der Waals surface area (Å²) in [5, 5.41) is 0. The van der Waals surface area contributed by atoms with Crippen LogP contribution in [0.1, 0.15) is 26.2 Å². The summed E-state index contributed by atoms with van der Waals surface area (Å²) in [6.45, 7) is 3.03. The van der Waals surface area contributed by atoms with Crippen LogP contribution in [-0.4, -0.2) is 42.1 Å². The highest BCUT2D eigenvalue weighted by molar-refractivity contribution is 7.99. The normalized spacial score (nSPS) is 19.4. The average Bonchev–Trinajstić information content (AvgIpc) is 2.94. The van der Waals surface area contributed by atoms with Crippen molar-refractivity contribution in [1.82, 2.24) is 4.90 Å². The standard InChI is InChI=1S/C10H22N2S/c1-3-13-7-6-10(8-11)12(2)9-4-5-9/h9-10H,3-8,11H2,1-2H3. The molecule has 1 aliphatic carbocycles. The van der Waals surface area contributed by atoms with Crippen LogP contribution < -0.4 is 5.73 Å². The molecule has 1 unspecified atom stereocenters. The summed E-state index contributed by atoms with van der Waals surface area (Å²) in [7, 11) is 2.23. The molecule has 1 saturated carbocycles. The molecule has 1 aliphatic rings. The Kier molecular flexibility index (Phi) is 5.14. The highest BCUT2D eigenvalue weighted by atomic mass is 32.2. The molecule has 0 saturated heterocycles. The molecule has 1 atom stereocenters. The maximum absolute atomic E-state index is 5.77. The van der Waals surface area contributed by atoms with Gasteiger partial charge in [0.25, 0.3) is 0 Å². The highest BCUT2D eigenvalue weighted by Crippen LogP contribution is 2.27. The molecule has 0 radical (unpaired) electrons. The molecule has 1 fully saturated rings. The van der Waals surface area contributed by atoms with Crippen LogP contribution in [0.2, 0.25) is 0 Å². The summed E-state index contributed by atoms with van der Waals surface area (Å²) in [5.74, 6) is 2.49. The molecular formula is C10H22N2S. The minimum absolute atomic E-state index is 0.617. The van der Waals surface area contributed by atoms with Gasteiger partial charge in [0.15, 0.2) is 0 Å². The molecule has 13 heavy (non-hydrogen) atoms. The van der Waals surface area contributed by atoms with Gasteiger partial charge in [-0.3, -0.25) is 4.90 Å². The van der Waals surface area contributed by atoms with Crippen molar-refractivity contribution in [1.29, 1.82) is 0 Å². The second-order valence-corrected chi connectivity index (χ2v) is 5.17. The molecule has 0 aromatic rings. The Balaban J connectivity index is 2.16. The predicted octanol–water partition coefficient (Wildman–Crippen LogP) is 1.55. The summed E-state index contributed by atoms with van der Waals surface area (Å²) in [6.07, 6.45) is 4.02. The van der Waals surface area contributed by atoms with E-state index in [2.05, 4.69) is 18.9 Å². The molecule has 0 aromatic carbocycles. The molecule has 0 spiro atoms. The van der Waals surface area contributed by atoms with Gasteiger partial charge >= 0.3 is 0 Å². The molecular weight excluding hydrogens is 180 g/mol. The molecule has 0 aromatic heterocycles. The molecule has 1 rings (SSSR count). The van der Waals surface area contributed by atoms with Gasteiger partial charge in [-0.2, -0.15) is 11.8 Å². The van der Waals surface area contributed by atoms with E-state index >= 15 is 0 Å². The minimum Gasteiger partial charge on any atom is -0.329 e. The maximum Gasteiger partial charge on any atom is 0.0226 e. The van der Waals surface area contributed by atoms with Gasteiger partial charge in [-0.05, 0) is 37.8 Å². The van der Waals surface area contributed by atoms with Crippen molar-refractivity contribution in [2.45, 2.75) is 38.3 Å². The smallest absolute Gasteiger partial charge is 0.0226 e. The lowest BCUT2D eigenvalue weighted by atomic mass is 10.2. The number of thioether (sulfide) groups is 1. The van der Waals surface area contributed by atoms with Gasteiger partial charge in [-0.15, -0.1) is 0 Å². The molecule has 2 N–H and O–H groups in total. The first-order valence-corrected chi connectivity index (χ1v) is 6.44. The Bertz CT molecular complexity index is 137. The minimum atomic E-state index is 0.617. The van der Waals surface area contributed by atoms with Crippen LogP contribution in [0.15, 0.2) is 0 Å². The first kappa shape index (κ1) is 11.3. The second kappa shape index (κ2) is 5.89. The lowest BCUT2D eigenvalue weighted by Crippen LogP contribution is -2.39. The van der Waals surface area contributed by atoms with Gasteiger partial charge in [0, 0.05) is 18.6 Å². The van der Waals surface area contributed by atoms with E-state index < -0.39 is 0 Å². The number of nitrogens with two attached hydrogens (primary N) is 1. The van der Waals surface area contributed by atoms with Crippen LogP contribution in [0.5, 0.6) is 0 Å². The van der Waals surface area contributed by atoms with Crippen molar-refractivity contribution in [2.24, 2.45) is 5.73 Å². The lowest BCUT2D eigenvalue weighted by molar-refractivity contribution is 0.232. The highest BCUT2D eigenvalue weighted by Gasteiger charge is 2.29. The van der Waals surface area contributed by atoms with Crippen LogP contribution in [0.25, 0.3) is 0 Å². The van der Waals surface area contributed by atoms with Crippen molar-refractivity contribution in [2.75, 3.05) is 25.1 Å². The Hall–Kier alpha value is 0.270. The fourth-order valence-electron chi connectivity index (χ4n) is 1.63. The van der Waals surface area contributed by atoms with E-state index in [0.717, 1.165) is 12.6 Å². The van der Waals surface area contributed by atoms with Gasteiger partial charge < -0.3 is 5.73 Å². The fourth-order valence-corrected chi connectivity index (χ4v) is 2.36. The third-order valence-electron chi connectivity index (χ3n) is 2.77. The van der Waals surface area contributed by atoms with Crippen molar-refractivity contribution in [3.05, 3.63) is 0 Å². The molecule has 3 heteroatoms. The molecule has 0 bridgehead atoms. The molecule has 0 aliphatic heterocycles. The van der Waals surface area contributed by atoms with E-state index in [-0.39, 0.29) is 0 Å². The Labute approximate surface area is 86.2 Å². The first-order valence-electron chi connectivity index (χ1n) is 5.29. The third kappa shape index (κ3) is 3.88. The summed E-state index contributed by atoms with van der Waals surface area (Å²) in [6, 6.07) is 1.46. The molecule has 0 heterocycles. The predicted molar refractivity (Wildman–Crippen MR) is 61.2 cm³/mol. The van der Waals surface area contributed by atoms with E-state index in [0.29, 0.717) is 6.04 Å². The van der Waals surface area contributed by atoms with Gasteiger partial charge in [-0.1, -0.05) is 6.92 Å². The van der Waals surface area contributed by atoms with Crippen molar-refractivity contribution >= 4 is 11.8 Å². The van der Waals surface area contributed by atoms with Crippen LogP contribution in [0.4, 0.5) is 0 Å². The molecule has 2 nitrogen and oxygen atoms in total. The monoisotopic (exact) mass is 202 g/mol. The number of nitrogens with zero attached hydrogens (tertiary/aromatic N) is 1. The molecule has 78 valence electrons. The van der Waals surface area contributed by atoms with E-state index in [9.17, 15) is 0 Å². The quantitative estimate of drug-likeness (QED) is 0.635. The van der Waals surface area contributed by atoms with Crippen molar-refractivity contribution < 1.29 is 0 Å². The maximum atomic E-state index is 5.77. The average molecular weight is 202 g/mol. The van der Waals surface area contributed by atoms with Gasteiger partial charge in [0.05, 0.1) is 0 Å². The SMILES string of the molecule is CCSCCC(CN)N(C)C1CC1. The Morgan fingerprint density at radius 1 is 1.54 bits per heavy atom. The summed E-state index contributed by atoms with van der Waals surface area (Å²) in [5.41, 5.74) is 5.77. The van der Waals surface area contributed by atoms with E-state index in [1.807, 2.05) is 11.8 Å². The second-order valence-electron chi connectivity index (χ2n) is 3.77. The Morgan fingerprint density at radius 2 is 2.23 bits per heavy atom. The van der Waals surface area contributed by atoms with Crippen LogP contribution in [0.3, 0.4) is 0 Å². The van der Waals surface area contributed by atoms with E-state index in [1.165, 1.54) is 30.8 Å². The summed E-state index contributed by atoms with van der Waals surface area (Å²) < 4.78 is 0. The van der Waals surface area contributed by atoms with Crippen LogP contribution in [0, 0.1) is 0 Å².